The second-order valence-corrected chi connectivity index (χ2v) is 6.09. The second kappa shape index (κ2) is 7.49. The number of halogens is 1. The van der Waals surface area contributed by atoms with Crippen LogP contribution < -0.4 is 10.9 Å². The lowest BCUT2D eigenvalue weighted by Gasteiger charge is -2.17. The molecule has 0 saturated carbocycles. The van der Waals surface area contributed by atoms with Crippen molar-refractivity contribution in [3.05, 3.63) is 70.5 Å². The molecule has 2 aromatic heterocycles. The van der Waals surface area contributed by atoms with Crippen molar-refractivity contribution in [2.45, 2.75) is 5.03 Å². The van der Waals surface area contributed by atoms with Crippen molar-refractivity contribution in [3.8, 4) is 17.1 Å². The van der Waals surface area contributed by atoms with E-state index >= 15 is 0 Å². The van der Waals surface area contributed by atoms with Crippen LogP contribution >= 0.6 is 11.8 Å². The zero-order valence-electron chi connectivity index (χ0n) is 14.2. The molecular formula is C18H16FN5OS. The Bertz CT molecular complexity index is 1000. The Labute approximate surface area is 153 Å². The van der Waals surface area contributed by atoms with E-state index in [2.05, 4.69) is 15.3 Å². The van der Waals surface area contributed by atoms with Gasteiger partial charge in [-0.3, -0.25) is 19.8 Å². The molecular weight excluding hydrogens is 353 g/mol. The Kier molecular flexibility index (Phi) is 5.13. The smallest absolute Gasteiger partial charge is 0.270 e. The quantitative estimate of drug-likeness (QED) is 0.320. The summed E-state index contributed by atoms with van der Waals surface area (Å²) in [5, 5.41) is 11.2. The summed E-state index contributed by atoms with van der Waals surface area (Å²) in [6.45, 7) is 0. The predicted octanol–water partition coefficient (Wildman–Crippen LogP) is 2.70. The zero-order valence-corrected chi connectivity index (χ0v) is 15.0. The van der Waals surface area contributed by atoms with E-state index < -0.39 is 11.4 Å². The van der Waals surface area contributed by atoms with E-state index in [9.17, 15) is 9.18 Å². The third kappa shape index (κ3) is 3.23. The molecule has 0 aliphatic heterocycles. The maximum absolute atomic E-state index is 13.3. The van der Waals surface area contributed by atoms with E-state index in [1.54, 1.807) is 37.8 Å². The van der Waals surface area contributed by atoms with E-state index in [1.165, 1.54) is 40.6 Å². The standard InChI is InChI=1S/C18H16FN5OS/c1-21-15(20)14-17(26-2)23-16(11-7-9-22-10-8-11)24(18(14)25)13-5-3-12(19)4-6-13/h3-10H,1-2H3,(H2,20,21). The molecule has 3 aromatic rings. The molecule has 0 spiro atoms. The van der Waals surface area contributed by atoms with E-state index in [4.69, 9.17) is 5.41 Å². The van der Waals surface area contributed by atoms with Crippen LogP contribution in [0, 0.1) is 11.2 Å². The van der Waals surface area contributed by atoms with Crippen LogP contribution in [0.15, 0.2) is 58.6 Å². The minimum absolute atomic E-state index is 0.0241. The Morgan fingerprint density at radius 2 is 1.85 bits per heavy atom. The van der Waals surface area contributed by atoms with Crippen molar-refractivity contribution in [1.29, 1.82) is 5.41 Å². The minimum Gasteiger partial charge on any atom is -0.373 e. The molecule has 26 heavy (non-hydrogen) atoms. The van der Waals surface area contributed by atoms with E-state index in [0.717, 1.165) is 0 Å². The van der Waals surface area contributed by atoms with Gasteiger partial charge in [-0.1, -0.05) is 0 Å². The van der Waals surface area contributed by atoms with Crippen LogP contribution in [0.1, 0.15) is 5.56 Å². The van der Waals surface area contributed by atoms with Gasteiger partial charge in [0, 0.05) is 25.0 Å². The number of nitrogens with one attached hydrogen (secondary N) is 2. The van der Waals surface area contributed by atoms with Gasteiger partial charge in [0.05, 0.1) is 5.69 Å². The number of aromatic nitrogens is 3. The van der Waals surface area contributed by atoms with Crippen LogP contribution in [0.2, 0.25) is 0 Å². The lowest BCUT2D eigenvalue weighted by Crippen LogP contribution is -2.33. The van der Waals surface area contributed by atoms with E-state index in [1.807, 2.05) is 0 Å². The molecule has 0 fully saturated rings. The van der Waals surface area contributed by atoms with Crippen molar-refractivity contribution in [1.82, 2.24) is 19.9 Å². The maximum Gasteiger partial charge on any atom is 0.270 e. The molecule has 0 bridgehead atoms. The molecule has 8 heteroatoms. The number of rotatable bonds is 4. The van der Waals surface area contributed by atoms with Crippen molar-refractivity contribution in [2.75, 3.05) is 13.3 Å². The summed E-state index contributed by atoms with van der Waals surface area (Å²) in [5.74, 6) is -0.0193. The van der Waals surface area contributed by atoms with Gasteiger partial charge < -0.3 is 5.32 Å². The Balaban J connectivity index is 2.40. The third-order valence-electron chi connectivity index (χ3n) is 3.77. The fourth-order valence-corrected chi connectivity index (χ4v) is 3.08. The van der Waals surface area contributed by atoms with Gasteiger partial charge in [0.1, 0.15) is 28.1 Å². The number of amidine groups is 1. The zero-order chi connectivity index (χ0) is 18.7. The van der Waals surface area contributed by atoms with Crippen molar-refractivity contribution in [2.24, 2.45) is 0 Å². The molecule has 0 radical (unpaired) electrons. The van der Waals surface area contributed by atoms with Crippen molar-refractivity contribution < 1.29 is 4.39 Å². The summed E-state index contributed by atoms with van der Waals surface area (Å²) < 4.78 is 14.7. The number of benzene rings is 1. The molecule has 132 valence electrons. The Morgan fingerprint density at radius 3 is 2.42 bits per heavy atom. The van der Waals surface area contributed by atoms with E-state index in [-0.39, 0.29) is 11.4 Å². The highest BCUT2D eigenvalue weighted by Crippen LogP contribution is 2.24. The summed E-state index contributed by atoms with van der Waals surface area (Å²) in [4.78, 5) is 21.9. The normalized spacial score (nSPS) is 10.6. The average molecular weight is 369 g/mol. The van der Waals surface area contributed by atoms with Gasteiger partial charge in [0.15, 0.2) is 0 Å². The van der Waals surface area contributed by atoms with Gasteiger partial charge in [0.25, 0.3) is 5.56 Å². The minimum atomic E-state index is -0.401. The molecule has 6 nitrogen and oxygen atoms in total. The SMILES string of the molecule is CNC(=N)c1c(SC)nc(-c2ccncc2)n(-c2ccc(F)cc2)c1=O. The lowest BCUT2D eigenvalue weighted by atomic mass is 10.2. The predicted molar refractivity (Wildman–Crippen MR) is 101 cm³/mol. The summed E-state index contributed by atoms with van der Waals surface area (Å²) in [6, 6.07) is 9.07. The molecule has 0 aliphatic carbocycles. The van der Waals surface area contributed by atoms with Gasteiger partial charge in [-0.2, -0.15) is 0 Å². The van der Waals surface area contributed by atoms with Gasteiger partial charge in [0.2, 0.25) is 0 Å². The Hall–Kier alpha value is -3.00. The van der Waals surface area contributed by atoms with Crippen molar-refractivity contribution >= 4 is 17.6 Å². The first-order valence-electron chi connectivity index (χ1n) is 7.71. The molecule has 0 aliphatic rings. The molecule has 0 atom stereocenters. The number of hydrogen-bond donors (Lipinski definition) is 2. The maximum atomic E-state index is 13.3. The summed E-state index contributed by atoms with van der Waals surface area (Å²) >= 11 is 1.29. The number of pyridine rings is 1. The molecule has 2 N–H and O–H groups in total. The third-order valence-corrected chi connectivity index (χ3v) is 4.45. The molecule has 1 aromatic carbocycles. The molecule has 0 amide bonds. The highest BCUT2D eigenvalue weighted by molar-refractivity contribution is 7.98. The van der Waals surface area contributed by atoms with Gasteiger partial charge in [-0.15, -0.1) is 11.8 Å². The molecule has 0 saturated heterocycles. The second-order valence-electron chi connectivity index (χ2n) is 5.30. The van der Waals surface area contributed by atoms with Crippen LogP contribution in [-0.2, 0) is 0 Å². The van der Waals surface area contributed by atoms with Crippen LogP contribution in [0.25, 0.3) is 17.1 Å². The lowest BCUT2D eigenvalue weighted by molar-refractivity contribution is 0.627. The van der Waals surface area contributed by atoms with Crippen LogP contribution in [0.4, 0.5) is 4.39 Å². The largest absolute Gasteiger partial charge is 0.373 e. The number of hydrogen-bond acceptors (Lipinski definition) is 5. The molecule has 2 heterocycles. The highest BCUT2D eigenvalue weighted by atomic mass is 32.2. The first kappa shape index (κ1) is 17.8. The Morgan fingerprint density at radius 1 is 1.19 bits per heavy atom. The fourth-order valence-electron chi connectivity index (χ4n) is 2.51. The van der Waals surface area contributed by atoms with Crippen LogP contribution in [-0.4, -0.2) is 33.7 Å². The van der Waals surface area contributed by atoms with Gasteiger partial charge in [-0.25, -0.2) is 9.37 Å². The summed E-state index contributed by atoms with van der Waals surface area (Å²) in [6.07, 6.45) is 5.02. The van der Waals surface area contributed by atoms with E-state index in [0.29, 0.717) is 22.1 Å². The summed E-state index contributed by atoms with van der Waals surface area (Å²) in [7, 11) is 1.57. The average Bonchev–Trinajstić information content (AvgIpc) is 2.68. The van der Waals surface area contributed by atoms with Gasteiger partial charge >= 0.3 is 0 Å². The van der Waals surface area contributed by atoms with Gasteiger partial charge in [-0.05, 0) is 42.7 Å². The van der Waals surface area contributed by atoms with Crippen molar-refractivity contribution in [3.63, 3.8) is 0 Å². The monoisotopic (exact) mass is 369 g/mol. The van der Waals surface area contributed by atoms with Crippen LogP contribution in [0.3, 0.4) is 0 Å². The summed E-state index contributed by atoms with van der Waals surface area (Å²) in [5.41, 5.74) is 0.928. The first-order valence-corrected chi connectivity index (χ1v) is 8.93. The molecule has 3 rings (SSSR count). The number of thioether (sulfide) groups is 1. The number of nitrogens with zero attached hydrogens (tertiary/aromatic N) is 3. The first-order chi connectivity index (χ1) is 12.6. The topological polar surface area (TPSA) is 83.7 Å². The fraction of sp³-hybridized carbons (Fsp3) is 0.111. The van der Waals surface area contributed by atoms with Crippen LogP contribution in [0.5, 0.6) is 0 Å². The highest BCUT2D eigenvalue weighted by Gasteiger charge is 2.21. The molecule has 0 unspecified atom stereocenters.